The lowest BCUT2D eigenvalue weighted by Gasteiger charge is -2.19. The summed E-state index contributed by atoms with van der Waals surface area (Å²) in [6.07, 6.45) is 3.16. The number of hydrogen-bond donors (Lipinski definition) is 0. The summed E-state index contributed by atoms with van der Waals surface area (Å²) in [5.74, 6) is 0.922. The van der Waals surface area contributed by atoms with E-state index in [-0.39, 0.29) is 5.97 Å². The normalized spacial score (nSPS) is 15.3. The van der Waals surface area contributed by atoms with E-state index in [1.165, 1.54) is 0 Å². The summed E-state index contributed by atoms with van der Waals surface area (Å²) in [7, 11) is 0. The lowest BCUT2D eigenvalue weighted by molar-refractivity contribution is -0.144. The van der Waals surface area contributed by atoms with Crippen LogP contribution in [0.4, 0.5) is 0 Å². The second-order valence-corrected chi connectivity index (χ2v) is 5.18. The van der Waals surface area contributed by atoms with Crippen molar-refractivity contribution in [1.29, 1.82) is 0 Å². The summed E-state index contributed by atoms with van der Waals surface area (Å²) < 4.78 is 7.33. The Balaban J connectivity index is 2.03. The van der Waals surface area contributed by atoms with Gasteiger partial charge in [0, 0.05) is 13.0 Å². The quantitative estimate of drug-likeness (QED) is 0.809. The molecule has 110 valence electrons. The molecule has 5 nitrogen and oxygen atoms in total. The summed E-state index contributed by atoms with van der Waals surface area (Å²) in [4.78, 5) is 12.4. The van der Waals surface area contributed by atoms with Crippen LogP contribution < -0.4 is 0 Å². The molecule has 0 saturated heterocycles. The highest BCUT2D eigenvalue weighted by atomic mass is 16.5. The third kappa shape index (κ3) is 2.68. The maximum absolute atomic E-state index is 12.4. The van der Waals surface area contributed by atoms with Gasteiger partial charge in [-0.3, -0.25) is 4.79 Å². The Morgan fingerprint density at radius 3 is 2.86 bits per heavy atom. The molecule has 2 aromatic rings. The molecule has 0 amide bonds. The molecule has 21 heavy (non-hydrogen) atoms. The van der Waals surface area contributed by atoms with Crippen LogP contribution in [0.2, 0.25) is 0 Å². The summed E-state index contributed by atoms with van der Waals surface area (Å²) >= 11 is 0. The van der Waals surface area contributed by atoms with Crippen molar-refractivity contribution in [2.45, 2.75) is 38.6 Å². The first-order valence-corrected chi connectivity index (χ1v) is 7.44. The lowest BCUT2D eigenvalue weighted by atomic mass is 9.98. The number of carbonyl (C=O) groups is 1. The Morgan fingerprint density at radius 2 is 2.10 bits per heavy atom. The second-order valence-electron chi connectivity index (χ2n) is 5.18. The second kappa shape index (κ2) is 6.08. The molecule has 1 aliphatic rings. The Morgan fingerprint density at radius 1 is 1.29 bits per heavy atom. The number of ether oxygens (including phenoxy) is 1. The van der Waals surface area contributed by atoms with Crippen molar-refractivity contribution in [3.05, 3.63) is 47.5 Å². The first kappa shape index (κ1) is 13.8. The van der Waals surface area contributed by atoms with Gasteiger partial charge in [0.1, 0.15) is 11.7 Å². The van der Waals surface area contributed by atoms with Crippen molar-refractivity contribution in [2.24, 2.45) is 0 Å². The monoisotopic (exact) mass is 285 g/mol. The number of fused-ring (bicyclic) bond motifs is 1. The SMILES string of the molecule is CCOC(=O)C(c1ccccc1)c1nnc2n1CCCC2. The van der Waals surface area contributed by atoms with Crippen molar-refractivity contribution in [2.75, 3.05) is 6.61 Å². The Kier molecular flexibility index (Phi) is 3.99. The smallest absolute Gasteiger partial charge is 0.321 e. The maximum atomic E-state index is 12.4. The van der Waals surface area contributed by atoms with Crippen LogP contribution in [0.1, 0.15) is 42.9 Å². The van der Waals surface area contributed by atoms with Crippen LogP contribution in [0, 0.1) is 0 Å². The molecule has 1 aromatic heterocycles. The van der Waals surface area contributed by atoms with E-state index >= 15 is 0 Å². The van der Waals surface area contributed by atoms with Gasteiger partial charge < -0.3 is 9.30 Å². The van der Waals surface area contributed by atoms with Gasteiger partial charge in [-0.05, 0) is 25.3 Å². The van der Waals surface area contributed by atoms with Gasteiger partial charge in [-0.25, -0.2) is 0 Å². The molecule has 5 heteroatoms. The fraction of sp³-hybridized carbons (Fsp3) is 0.438. The van der Waals surface area contributed by atoms with Crippen LogP contribution in [0.25, 0.3) is 0 Å². The molecule has 0 N–H and O–H groups in total. The molecule has 1 atom stereocenters. The van der Waals surface area contributed by atoms with E-state index in [0.717, 1.165) is 37.2 Å². The summed E-state index contributed by atoms with van der Waals surface area (Å²) in [6.45, 7) is 3.06. The van der Waals surface area contributed by atoms with Crippen LogP contribution >= 0.6 is 0 Å². The molecule has 0 bridgehead atoms. The van der Waals surface area contributed by atoms with Crippen molar-refractivity contribution in [3.8, 4) is 0 Å². The molecule has 1 aromatic carbocycles. The van der Waals surface area contributed by atoms with Gasteiger partial charge in [0.05, 0.1) is 6.61 Å². The van der Waals surface area contributed by atoms with Crippen LogP contribution in [0.15, 0.2) is 30.3 Å². The van der Waals surface area contributed by atoms with Crippen molar-refractivity contribution >= 4 is 5.97 Å². The highest BCUT2D eigenvalue weighted by Crippen LogP contribution is 2.27. The first-order chi connectivity index (χ1) is 10.3. The topological polar surface area (TPSA) is 57.0 Å². The largest absolute Gasteiger partial charge is 0.465 e. The molecular formula is C16H19N3O2. The van der Waals surface area contributed by atoms with Gasteiger partial charge in [-0.1, -0.05) is 30.3 Å². The summed E-state index contributed by atoms with van der Waals surface area (Å²) in [5.41, 5.74) is 0.900. The molecule has 2 heterocycles. The van der Waals surface area contributed by atoms with Gasteiger partial charge in [-0.15, -0.1) is 10.2 Å². The van der Waals surface area contributed by atoms with Gasteiger partial charge in [-0.2, -0.15) is 0 Å². The lowest BCUT2D eigenvalue weighted by Crippen LogP contribution is -2.23. The number of rotatable bonds is 4. The first-order valence-electron chi connectivity index (χ1n) is 7.44. The fourth-order valence-corrected chi connectivity index (χ4v) is 2.81. The standard InChI is InChI=1S/C16H19N3O2/c1-2-21-16(20)14(12-8-4-3-5-9-12)15-18-17-13-10-6-7-11-19(13)15/h3-5,8-9,14H,2,6-7,10-11H2,1H3. The van der Waals surface area contributed by atoms with E-state index in [1.807, 2.05) is 37.3 Å². The molecular weight excluding hydrogens is 266 g/mol. The highest BCUT2D eigenvalue weighted by molar-refractivity contribution is 5.81. The van der Waals surface area contributed by atoms with E-state index in [0.29, 0.717) is 12.4 Å². The average molecular weight is 285 g/mol. The van der Waals surface area contributed by atoms with Gasteiger partial charge in [0.25, 0.3) is 0 Å². The van der Waals surface area contributed by atoms with Crippen LogP contribution in [-0.4, -0.2) is 27.3 Å². The number of carbonyl (C=O) groups excluding carboxylic acids is 1. The zero-order valence-electron chi connectivity index (χ0n) is 12.2. The van der Waals surface area contributed by atoms with Crippen LogP contribution in [-0.2, 0) is 22.5 Å². The summed E-state index contributed by atoms with van der Waals surface area (Å²) in [6, 6.07) is 9.66. The zero-order valence-corrected chi connectivity index (χ0v) is 12.2. The molecule has 1 aliphatic heterocycles. The van der Waals surface area contributed by atoms with Gasteiger partial charge >= 0.3 is 5.97 Å². The molecule has 0 aliphatic carbocycles. The minimum atomic E-state index is -0.495. The average Bonchev–Trinajstić information content (AvgIpc) is 2.93. The molecule has 0 spiro atoms. The Labute approximate surface area is 124 Å². The van der Waals surface area contributed by atoms with E-state index in [9.17, 15) is 4.79 Å². The number of aromatic nitrogens is 3. The minimum absolute atomic E-state index is 0.260. The van der Waals surface area contributed by atoms with Crippen molar-refractivity contribution in [1.82, 2.24) is 14.8 Å². The van der Waals surface area contributed by atoms with E-state index in [2.05, 4.69) is 14.8 Å². The number of benzene rings is 1. The van der Waals surface area contributed by atoms with E-state index in [4.69, 9.17) is 4.74 Å². The van der Waals surface area contributed by atoms with Crippen LogP contribution in [0.3, 0.4) is 0 Å². The fourth-order valence-electron chi connectivity index (χ4n) is 2.81. The van der Waals surface area contributed by atoms with Crippen LogP contribution in [0.5, 0.6) is 0 Å². The van der Waals surface area contributed by atoms with E-state index < -0.39 is 5.92 Å². The zero-order chi connectivity index (χ0) is 14.7. The molecule has 0 fully saturated rings. The number of hydrogen-bond acceptors (Lipinski definition) is 4. The van der Waals surface area contributed by atoms with Gasteiger partial charge in [0.15, 0.2) is 5.82 Å². The predicted molar refractivity (Wildman–Crippen MR) is 77.9 cm³/mol. The molecule has 3 rings (SSSR count). The molecule has 0 radical (unpaired) electrons. The molecule has 1 unspecified atom stereocenters. The van der Waals surface area contributed by atoms with Gasteiger partial charge in [0.2, 0.25) is 0 Å². The Bertz CT molecular complexity index is 622. The third-order valence-corrected chi connectivity index (χ3v) is 3.80. The van der Waals surface area contributed by atoms with Crippen molar-refractivity contribution < 1.29 is 9.53 Å². The maximum Gasteiger partial charge on any atom is 0.321 e. The Hall–Kier alpha value is -2.17. The third-order valence-electron chi connectivity index (χ3n) is 3.80. The predicted octanol–water partition coefficient (Wildman–Crippen LogP) is 2.31. The molecule has 0 saturated carbocycles. The highest BCUT2D eigenvalue weighted by Gasteiger charge is 2.31. The number of nitrogens with zero attached hydrogens (tertiary/aromatic N) is 3. The van der Waals surface area contributed by atoms with Crippen molar-refractivity contribution in [3.63, 3.8) is 0 Å². The summed E-state index contributed by atoms with van der Waals surface area (Å²) in [5, 5.41) is 8.54. The number of aryl methyl sites for hydroxylation is 1. The van der Waals surface area contributed by atoms with E-state index in [1.54, 1.807) is 0 Å². The minimum Gasteiger partial charge on any atom is -0.465 e. The number of esters is 1.